The van der Waals surface area contributed by atoms with Crippen LogP contribution in [0.4, 0.5) is 0 Å². The molecule has 0 bridgehead atoms. The molecule has 7 nitrogen and oxygen atoms in total. The summed E-state index contributed by atoms with van der Waals surface area (Å²) in [6.45, 7) is 2.54. The van der Waals surface area contributed by atoms with E-state index >= 15 is 0 Å². The molecule has 0 unspecified atom stereocenters. The van der Waals surface area contributed by atoms with Gasteiger partial charge in [0.15, 0.2) is 16.4 Å². The normalized spacial score (nSPS) is 11.6. The van der Waals surface area contributed by atoms with E-state index in [1.54, 1.807) is 6.07 Å². The van der Waals surface area contributed by atoms with E-state index in [2.05, 4.69) is 10.3 Å². The third-order valence-electron chi connectivity index (χ3n) is 3.46. The molecule has 3 rings (SSSR count). The lowest BCUT2D eigenvalue weighted by Gasteiger charge is -2.09. The van der Waals surface area contributed by atoms with Crippen LogP contribution >= 0.6 is 0 Å². The minimum absolute atomic E-state index is 0.193. The highest BCUT2D eigenvalue weighted by Crippen LogP contribution is 2.17. The number of aryl methyl sites for hydroxylation is 1. The molecule has 0 N–H and O–H groups in total. The van der Waals surface area contributed by atoms with Gasteiger partial charge in [0.05, 0.1) is 4.90 Å². The van der Waals surface area contributed by atoms with E-state index < -0.39 is 9.84 Å². The third kappa shape index (κ3) is 3.48. The first-order chi connectivity index (χ1) is 11.4. The van der Waals surface area contributed by atoms with Crippen molar-refractivity contribution in [2.45, 2.75) is 11.8 Å². The molecule has 2 aromatic carbocycles. The summed E-state index contributed by atoms with van der Waals surface area (Å²) in [6.07, 6.45) is 1.15. The fourth-order valence-corrected chi connectivity index (χ4v) is 2.84. The molecule has 0 saturated heterocycles. The van der Waals surface area contributed by atoms with Crippen molar-refractivity contribution in [2.24, 2.45) is 0 Å². The molecular formula is C16H17N3O4S. The van der Waals surface area contributed by atoms with Gasteiger partial charge in [-0.1, -0.05) is 23.0 Å². The van der Waals surface area contributed by atoms with Crippen molar-refractivity contribution in [1.29, 1.82) is 0 Å². The SMILES string of the molecule is Cc1ccccc1OCCOn1nnc2ccc(S(C)(=O)=O)cc21. The number of nitrogens with zero attached hydrogens (tertiary/aromatic N) is 3. The molecule has 3 aromatic rings. The van der Waals surface area contributed by atoms with Gasteiger partial charge in [-0.15, -0.1) is 5.10 Å². The van der Waals surface area contributed by atoms with Gasteiger partial charge in [-0.2, -0.15) is 0 Å². The smallest absolute Gasteiger partial charge is 0.175 e. The summed E-state index contributed by atoms with van der Waals surface area (Å²) in [5, 5.41) is 7.82. The van der Waals surface area contributed by atoms with Crippen LogP contribution in [0.2, 0.25) is 0 Å². The predicted octanol–water partition coefficient (Wildman–Crippen LogP) is 1.65. The summed E-state index contributed by atoms with van der Waals surface area (Å²) < 4.78 is 28.9. The zero-order chi connectivity index (χ0) is 17.2. The predicted molar refractivity (Wildman–Crippen MR) is 88.8 cm³/mol. The molecule has 0 fully saturated rings. The van der Waals surface area contributed by atoms with Crippen LogP contribution in [-0.4, -0.2) is 43.0 Å². The topological polar surface area (TPSA) is 83.3 Å². The van der Waals surface area contributed by atoms with Gasteiger partial charge in [-0.3, -0.25) is 0 Å². The zero-order valence-corrected chi connectivity index (χ0v) is 14.2. The van der Waals surface area contributed by atoms with Crippen molar-refractivity contribution >= 4 is 20.9 Å². The molecule has 0 amide bonds. The number of para-hydroxylation sites is 1. The second-order valence-electron chi connectivity index (χ2n) is 5.33. The van der Waals surface area contributed by atoms with Gasteiger partial charge in [-0.05, 0) is 42.0 Å². The number of sulfone groups is 1. The van der Waals surface area contributed by atoms with E-state index in [1.807, 2.05) is 31.2 Å². The standard InChI is InChI=1S/C16H17N3O4S/c1-12-5-3-4-6-16(12)22-9-10-23-19-15-11-13(24(2,20)21)7-8-14(15)17-18-19/h3-8,11H,9-10H2,1-2H3. The second kappa shape index (κ2) is 6.48. The number of rotatable bonds is 6. The Labute approximate surface area is 139 Å². The summed E-state index contributed by atoms with van der Waals surface area (Å²) in [4.78, 5) is 6.92. The van der Waals surface area contributed by atoms with Crippen molar-refractivity contribution in [1.82, 2.24) is 15.2 Å². The van der Waals surface area contributed by atoms with Crippen molar-refractivity contribution in [3.63, 3.8) is 0 Å². The Morgan fingerprint density at radius 1 is 1.12 bits per heavy atom. The molecule has 0 radical (unpaired) electrons. The Hall–Kier alpha value is -2.61. The second-order valence-corrected chi connectivity index (χ2v) is 7.35. The van der Waals surface area contributed by atoms with Crippen molar-refractivity contribution in [3.05, 3.63) is 48.0 Å². The number of fused-ring (bicyclic) bond motifs is 1. The highest BCUT2D eigenvalue weighted by Gasteiger charge is 2.12. The first kappa shape index (κ1) is 16.3. The molecule has 24 heavy (non-hydrogen) atoms. The third-order valence-corrected chi connectivity index (χ3v) is 4.57. The zero-order valence-electron chi connectivity index (χ0n) is 13.3. The number of aromatic nitrogens is 3. The lowest BCUT2D eigenvalue weighted by molar-refractivity contribution is 0.0638. The van der Waals surface area contributed by atoms with E-state index in [-0.39, 0.29) is 11.5 Å². The maximum Gasteiger partial charge on any atom is 0.175 e. The first-order valence-corrected chi connectivity index (χ1v) is 9.21. The van der Waals surface area contributed by atoms with E-state index in [4.69, 9.17) is 9.57 Å². The highest BCUT2D eigenvalue weighted by molar-refractivity contribution is 7.90. The van der Waals surface area contributed by atoms with E-state index in [0.717, 1.165) is 17.6 Å². The van der Waals surface area contributed by atoms with Gasteiger partial charge in [-0.25, -0.2) is 8.42 Å². The van der Waals surface area contributed by atoms with Crippen LogP contribution in [0, 0.1) is 6.92 Å². The molecule has 126 valence electrons. The Bertz CT molecular complexity index is 966. The first-order valence-electron chi connectivity index (χ1n) is 7.32. The Balaban J connectivity index is 1.68. The fraction of sp³-hybridized carbons (Fsp3) is 0.250. The molecule has 0 spiro atoms. The minimum atomic E-state index is -3.30. The van der Waals surface area contributed by atoms with Crippen molar-refractivity contribution in [3.8, 4) is 5.75 Å². The van der Waals surface area contributed by atoms with Crippen molar-refractivity contribution < 1.29 is 18.0 Å². The maximum absolute atomic E-state index is 11.6. The van der Waals surface area contributed by atoms with Crippen LogP contribution in [0.5, 0.6) is 5.75 Å². The molecule has 0 aliphatic rings. The van der Waals surface area contributed by atoms with E-state index in [1.165, 1.54) is 17.0 Å². The van der Waals surface area contributed by atoms with Crippen LogP contribution in [0.15, 0.2) is 47.4 Å². The van der Waals surface area contributed by atoms with Gasteiger partial charge in [0.1, 0.15) is 23.4 Å². The lowest BCUT2D eigenvalue weighted by atomic mass is 10.2. The molecule has 1 heterocycles. The summed E-state index contributed by atoms with van der Waals surface area (Å²) in [6, 6.07) is 12.3. The van der Waals surface area contributed by atoms with E-state index in [0.29, 0.717) is 17.6 Å². The largest absolute Gasteiger partial charge is 0.490 e. The van der Waals surface area contributed by atoms with Crippen molar-refractivity contribution in [2.75, 3.05) is 19.5 Å². The van der Waals surface area contributed by atoms with Gasteiger partial charge in [0.2, 0.25) is 0 Å². The lowest BCUT2D eigenvalue weighted by Crippen LogP contribution is -2.19. The Morgan fingerprint density at radius 3 is 2.67 bits per heavy atom. The number of hydrogen-bond donors (Lipinski definition) is 0. The van der Waals surface area contributed by atoms with Gasteiger partial charge < -0.3 is 9.57 Å². The quantitative estimate of drug-likeness (QED) is 0.631. The molecule has 8 heteroatoms. The fourth-order valence-electron chi connectivity index (χ4n) is 2.20. The Kier molecular flexibility index (Phi) is 4.39. The number of benzene rings is 2. The van der Waals surface area contributed by atoms with Crippen LogP contribution in [0.1, 0.15) is 5.56 Å². The molecule has 1 aromatic heterocycles. The molecule has 0 aliphatic heterocycles. The van der Waals surface area contributed by atoms with E-state index in [9.17, 15) is 8.42 Å². The highest BCUT2D eigenvalue weighted by atomic mass is 32.2. The van der Waals surface area contributed by atoms with Crippen LogP contribution in [-0.2, 0) is 9.84 Å². The molecular weight excluding hydrogens is 330 g/mol. The van der Waals surface area contributed by atoms with Crippen LogP contribution in [0.3, 0.4) is 0 Å². The summed E-state index contributed by atoms with van der Waals surface area (Å²) in [5.74, 6) is 0.795. The molecule has 0 atom stereocenters. The summed E-state index contributed by atoms with van der Waals surface area (Å²) in [5.41, 5.74) is 2.09. The number of ether oxygens (including phenoxy) is 1. The Morgan fingerprint density at radius 2 is 1.92 bits per heavy atom. The van der Waals surface area contributed by atoms with Gasteiger partial charge in [0.25, 0.3) is 0 Å². The van der Waals surface area contributed by atoms with Crippen LogP contribution < -0.4 is 9.57 Å². The average molecular weight is 347 g/mol. The molecule has 0 aliphatic carbocycles. The average Bonchev–Trinajstić information content (AvgIpc) is 2.95. The summed E-state index contributed by atoms with van der Waals surface area (Å²) in [7, 11) is -3.30. The minimum Gasteiger partial charge on any atom is -0.490 e. The maximum atomic E-state index is 11.6. The number of hydrogen-bond acceptors (Lipinski definition) is 6. The monoisotopic (exact) mass is 347 g/mol. The molecule has 0 saturated carbocycles. The van der Waals surface area contributed by atoms with Crippen LogP contribution in [0.25, 0.3) is 11.0 Å². The summed E-state index contributed by atoms with van der Waals surface area (Å²) >= 11 is 0. The van der Waals surface area contributed by atoms with Gasteiger partial charge in [0, 0.05) is 6.26 Å². The van der Waals surface area contributed by atoms with Gasteiger partial charge >= 0.3 is 0 Å².